The molecule has 0 fully saturated rings. The Morgan fingerprint density at radius 3 is 2.71 bits per heavy atom. The molecule has 0 saturated heterocycles. The van der Waals surface area contributed by atoms with E-state index in [0.717, 1.165) is 0 Å². The predicted molar refractivity (Wildman–Crippen MR) is 35.0 cm³/mol. The summed E-state index contributed by atoms with van der Waals surface area (Å²) >= 11 is 0. The lowest BCUT2D eigenvalue weighted by Gasteiger charge is -1.97. The third-order valence-corrected chi connectivity index (χ3v) is 2.01. The lowest BCUT2D eigenvalue weighted by molar-refractivity contribution is 1.27. The molecule has 0 saturated carbocycles. The standard InChI is InChI=1S/C3H7N3S/c1-7-2-5-6-3(7)4/h2,7H,1H3,(H2,4,6). The molecule has 1 rings (SSSR count). The third kappa shape index (κ3) is 0.742. The van der Waals surface area contributed by atoms with E-state index in [1.807, 2.05) is 6.26 Å². The van der Waals surface area contributed by atoms with Crippen LogP contribution in [0.2, 0.25) is 0 Å². The van der Waals surface area contributed by atoms with Crippen LogP contribution in [0.1, 0.15) is 0 Å². The summed E-state index contributed by atoms with van der Waals surface area (Å²) in [5.41, 5.74) is 7.11. The van der Waals surface area contributed by atoms with Crippen LogP contribution in [-0.2, 0) is 0 Å². The van der Waals surface area contributed by atoms with Gasteiger partial charge in [0, 0.05) is 0 Å². The summed E-state index contributed by atoms with van der Waals surface area (Å²) < 4.78 is 0. The molecule has 0 aromatic carbocycles. The van der Waals surface area contributed by atoms with Crippen LogP contribution in [0.25, 0.3) is 0 Å². The summed E-state index contributed by atoms with van der Waals surface area (Å²) in [5, 5.41) is 7.90. The fourth-order valence-corrected chi connectivity index (χ4v) is 0.810. The number of nitrogens with two attached hydrogens (primary N) is 1. The van der Waals surface area contributed by atoms with E-state index in [9.17, 15) is 0 Å². The molecule has 1 aliphatic heterocycles. The lowest BCUT2D eigenvalue weighted by atomic mass is 11.4. The van der Waals surface area contributed by atoms with Gasteiger partial charge in [0.15, 0.2) is 5.17 Å². The Hall–Kier alpha value is -0.510. The van der Waals surface area contributed by atoms with Crippen molar-refractivity contribution in [2.75, 3.05) is 6.26 Å². The molecular formula is C3H7N3S. The first-order valence-corrected chi connectivity index (χ1v) is 3.76. The maximum absolute atomic E-state index is 5.33. The van der Waals surface area contributed by atoms with Crippen molar-refractivity contribution in [2.45, 2.75) is 0 Å². The topological polar surface area (TPSA) is 50.7 Å². The first-order chi connectivity index (χ1) is 3.30. The van der Waals surface area contributed by atoms with E-state index in [1.165, 1.54) is 0 Å². The SMILES string of the molecule is C[SH]1C=NN=C1N. The van der Waals surface area contributed by atoms with Gasteiger partial charge in [-0.05, 0) is 6.26 Å². The normalized spacial score (nSPS) is 33.3. The molecule has 0 aromatic heterocycles. The van der Waals surface area contributed by atoms with Gasteiger partial charge in [-0.25, -0.2) is 0 Å². The van der Waals surface area contributed by atoms with Gasteiger partial charge in [0.1, 0.15) is 0 Å². The van der Waals surface area contributed by atoms with E-state index in [1.54, 1.807) is 5.55 Å². The minimum absolute atomic E-state index is 0.290. The first-order valence-electron chi connectivity index (χ1n) is 1.90. The second kappa shape index (κ2) is 1.54. The summed E-state index contributed by atoms with van der Waals surface area (Å²) in [6, 6.07) is 0. The molecule has 0 bridgehead atoms. The van der Waals surface area contributed by atoms with Gasteiger partial charge in [0.05, 0.1) is 5.55 Å². The van der Waals surface area contributed by atoms with Crippen molar-refractivity contribution in [3.8, 4) is 0 Å². The summed E-state index contributed by atoms with van der Waals surface area (Å²) in [4.78, 5) is 0. The van der Waals surface area contributed by atoms with Gasteiger partial charge in [-0.2, -0.15) is 16.0 Å². The maximum Gasteiger partial charge on any atom is 0.165 e. The van der Waals surface area contributed by atoms with Crippen molar-refractivity contribution < 1.29 is 0 Å². The van der Waals surface area contributed by atoms with Gasteiger partial charge < -0.3 is 5.73 Å². The van der Waals surface area contributed by atoms with Gasteiger partial charge in [-0.3, -0.25) is 0 Å². The van der Waals surface area contributed by atoms with E-state index >= 15 is 0 Å². The largest absolute Gasteiger partial charge is 0.378 e. The van der Waals surface area contributed by atoms with Crippen LogP contribution >= 0.6 is 10.9 Å². The first kappa shape index (κ1) is 4.64. The van der Waals surface area contributed by atoms with Gasteiger partial charge >= 0.3 is 0 Å². The Morgan fingerprint density at radius 2 is 2.57 bits per heavy atom. The minimum atomic E-state index is -0.290. The van der Waals surface area contributed by atoms with Gasteiger partial charge in [-0.1, -0.05) is 0 Å². The van der Waals surface area contributed by atoms with E-state index in [2.05, 4.69) is 10.2 Å². The van der Waals surface area contributed by atoms with Crippen LogP contribution in [0, 0.1) is 0 Å². The molecule has 0 radical (unpaired) electrons. The molecule has 1 aliphatic rings. The Kier molecular flexibility index (Phi) is 1.02. The fraction of sp³-hybridized carbons (Fsp3) is 0.333. The molecule has 2 N–H and O–H groups in total. The number of hydrogen-bond donors (Lipinski definition) is 2. The number of nitrogens with zero attached hydrogens (tertiary/aromatic N) is 2. The molecular weight excluding hydrogens is 110 g/mol. The summed E-state index contributed by atoms with van der Waals surface area (Å²) in [6.07, 6.45) is 2.02. The van der Waals surface area contributed by atoms with Gasteiger partial charge in [-0.15, -0.1) is 5.10 Å². The van der Waals surface area contributed by atoms with Crippen molar-refractivity contribution >= 4 is 21.6 Å². The smallest absolute Gasteiger partial charge is 0.165 e. The highest BCUT2D eigenvalue weighted by atomic mass is 32.2. The van der Waals surface area contributed by atoms with Gasteiger partial charge in [0.2, 0.25) is 0 Å². The average molecular weight is 117 g/mol. The molecule has 4 heteroatoms. The summed E-state index contributed by atoms with van der Waals surface area (Å²) in [7, 11) is -0.290. The second-order valence-corrected chi connectivity index (χ2v) is 3.21. The average Bonchev–Trinajstić information content (AvgIpc) is 1.91. The predicted octanol–water partition coefficient (Wildman–Crippen LogP) is -0.111. The Bertz CT molecular complexity index is 128. The quantitative estimate of drug-likeness (QED) is 0.427. The van der Waals surface area contributed by atoms with Crippen molar-refractivity contribution in [3.05, 3.63) is 0 Å². The second-order valence-electron chi connectivity index (χ2n) is 1.30. The highest BCUT2D eigenvalue weighted by Gasteiger charge is 2.01. The zero-order chi connectivity index (χ0) is 5.28. The third-order valence-electron chi connectivity index (χ3n) is 0.746. The van der Waals surface area contributed by atoms with E-state index < -0.39 is 0 Å². The molecule has 40 valence electrons. The van der Waals surface area contributed by atoms with Crippen LogP contribution in [0.3, 0.4) is 0 Å². The highest BCUT2D eigenvalue weighted by molar-refractivity contribution is 8.39. The molecule has 1 unspecified atom stereocenters. The van der Waals surface area contributed by atoms with Crippen molar-refractivity contribution in [1.29, 1.82) is 0 Å². The lowest BCUT2D eigenvalue weighted by Crippen LogP contribution is -2.07. The van der Waals surface area contributed by atoms with E-state index in [0.29, 0.717) is 5.17 Å². The van der Waals surface area contributed by atoms with E-state index in [4.69, 9.17) is 5.73 Å². The Morgan fingerprint density at radius 1 is 1.86 bits per heavy atom. The van der Waals surface area contributed by atoms with Crippen LogP contribution in [0.15, 0.2) is 10.2 Å². The van der Waals surface area contributed by atoms with Crippen molar-refractivity contribution in [3.63, 3.8) is 0 Å². The van der Waals surface area contributed by atoms with Crippen molar-refractivity contribution in [1.82, 2.24) is 0 Å². The fourth-order valence-electron chi connectivity index (χ4n) is 0.292. The molecule has 0 amide bonds. The molecule has 0 aliphatic carbocycles. The molecule has 1 atom stereocenters. The zero-order valence-corrected chi connectivity index (χ0v) is 4.89. The molecule has 1 heterocycles. The Balaban J connectivity index is 2.69. The van der Waals surface area contributed by atoms with Crippen molar-refractivity contribution in [2.24, 2.45) is 15.9 Å². The number of amidine groups is 1. The highest BCUT2D eigenvalue weighted by Crippen LogP contribution is 2.19. The molecule has 3 nitrogen and oxygen atoms in total. The number of rotatable bonds is 0. The van der Waals surface area contributed by atoms with Crippen LogP contribution < -0.4 is 5.73 Å². The molecule has 0 aromatic rings. The summed E-state index contributed by atoms with van der Waals surface area (Å²) in [5.74, 6) is 0. The maximum atomic E-state index is 5.33. The van der Waals surface area contributed by atoms with Crippen LogP contribution in [0.4, 0.5) is 0 Å². The van der Waals surface area contributed by atoms with E-state index in [-0.39, 0.29) is 10.9 Å². The monoisotopic (exact) mass is 117 g/mol. The minimum Gasteiger partial charge on any atom is -0.378 e. The molecule has 7 heavy (non-hydrogen) atoms. The zero-order valence-electron chi connectivity index (χ0n) is 4.00. The molecule has 0 spiro atoms. The summed E-state index contributed by atoms with van der Waals surface area (Å²) in [6.45, 7) is 0. The van der Waals surface area contributed by atoms with Crippen LogP contribution in [0.5, 0.6) is 0 Å². The van der Waals surface area contributed by atoms with Crippen LogP contribution in [-0.4, -0.2) is 17.0 Å². The number of thiol groups is 1. The Labute approximate surface area is 44.7 Å². The number of hydrogen-bond acceptors (Lipinski definition) is 3. The van der Waals surface area contributed by atoms with Gasteiger partial charge in [0.25, 0.3) is 0 Å².